The molecule has 1 aromatic carbocycles. The molecule has 0 amide bonds. The maximum absolute atomic E-state index is 4.73. The zero-order chi connectivity index (χ0) is 16.1. The van der Waals surface area contributed by atoms with Crippen LogP contribution in [0.2, 0.25) is 0 Å². The third kappa shape index (κ3) is 4.10. The summed E-state index contributed by atoms with van der Waals surface area (Å²) in [5, 5.41) is 6.68. The monoisotopic (exact) mass is 328 g/mol. The molecule has 2 aromatic rings. The van der Waals surface area contributed by atoms with Crippen molar-refractivity contribution >= 4 is 17.3 Å². The Labute approximate surface area is 142 Å². The van der Waals surface area contributed by atoms with Crippen LogP contribution in [0.1, 0.15) is 24.8 Å². The fourth-order valence-electron chi connectivity index (χ4n) is 3.00. The summed E-state index contributed by atoms with van der Waals surface area (Å²) in [5.74, 6) is 1.74. The lowest BCUT2D eigenvalue weighted by Crippen LogP contribution is -2.45. The third-order valence-corrected chi connectivity index (χ3v) is 5.04. The molecule has 1 aliphatic rings. The predicted octanol–water partition coefficient (Wildman–Crippen LogP) is 3.62. The molecule has 1 aromatic heterocycles. The van der Waals surface area contributed by atoms with Crippen molar-refractivity contribution in [1.82, 2.24) is 15.2 Å². The maximum Gasteiger partial charge on any atom is 0.194 e. The van der Waals surface area contributed by atoms with Crippen LogP contribution in [0, 0.1) is 5.92 Å². The molecule has 2 heterocycles. The van der Waals surface area contributed by atoms with E-state index >= 15 is 0 Å². The summed E-state index contributed by atoms with van der Waals surface area (Å²) in [6.45, 7) is 5.23. The molecular weight excluding hydrogens is 304 g/mol. The molecule has 1 atom stereocenters. The first-order valence-electron chi connectivity index (χ1n) is 8.21. The van der Waals surface area contributed by atoms with Gasteiger partial charge < -0.3 is 10.2 Å². The standard InChI is InChI=1S/C18H24N4S/c1-14-7-6-10-22(12-14)18(19-2)20-11-17-21-16(13-23-17)15-8-4-3-5-9-15/h3-5,8-9,13-14H,6-7,10-12H2,1-2H3,(H,19,20). The van der Waals surface area contributed by atoms with Crippen molar-refractivity contribution in [1.29, 1.82) is 0 Å². The number of nitrogens with one attached hydrogen (secondary N) is 1. The van der Waals surface area contributed by atoms with Crippen molar-refractivity contribution in [3.8, 4) is 11.3 Å². The van der Waals surface area contributed by atoms with Gasteiger partial charge in [-0.15, -0.1) is 11.3 Å². The second kappa shape index (κ2) is 7.59. The van der Waals surface area contributed by atoms with Crippen LogP contribution >= 0.6 is 11.3 Å². The van der Waals surface area contributed by atoms with Crippen LogP contribution in [0.3, 0.4) is 0 Å². The fraction of sp³-hybridized carbons (Fsp3) is 0.444. The van der Waals surface area contributed by atoms with E-state index in [4.69, 9.17) is 4.98 Å². The minimum atomic E-state index is 0.731. The summed E-state index contributed by atoms with van der Waals surface area (Å²) < 4.78 is 0. The van der Waals surface area contributed by atoms with Gasteiger partial charge in [0.2, 0.25) is 0 Å². The summed E-state index contributed by atoms with van der Waals surface area (Å²) >= 11 is 1.70. The first-order valence-corrected chi connectivity index (χ1v) is 9.09. The lowest BCUT2D eigenvalue weighted by Gasteiger charge is -2.33. The molecular formula is C18H24N4S. The molecule has 0 radical (unpaired) electrons. The number of thiazole rings is 1. The molecule has 0 saturated carbocycles. The van der Waals surface area contributed by atoms with Gasteiger partial charge in [0.15, 0.2) is 5.96 Å². The maximum atomic E-state index is 4.73. The second-order valence-electron chi connectivity index (χ2n) is 6.09. The Balaban J connectivity index is 1.60. The number of hydrogen-bond acceptors (Lipinski definition) is 3. The van der Waals surface area contributed by atoms with Gasteiger partial charge in [-0.1, -0.05) is 37.3 Å². The Bertz CT molecular complexity index is 650. The van der Waals surface area contributed by atoms with E-state index in [1.807, 2.05) is 25.2 Å². The van der Waals surface area contributed by atoms with Gasteiger partial charge in [-0.3, -0.25) is 4.99 Å². The van der Waals surface area contributed by atoms with Crippen LogP contribution in [0.25, 0.3) is 11.3 Å². The third-order valence-electron chi connectivity index (χ3n) is 4.19. The van der Waals surface area contributed by atoms with Crippen molar-refractivity contribution in [3.63, 3.8) is 0 Å². The van der Waals surface area contributed by atoms with Crippen LogP contribution < -0.4 is 5.32 Å². The first kappa shape index (κ1) is 16.0. The van der Waals surface area contributed by atoms with Crippen molar-refractivity contribution < 1.29 is 0 Å². The summed E-state index contributed by atoms with van der Waals surface area (Å²) in [6.07, 6.45) is 2.57. The van der Waals surface area contributed by atoms with Crippen LogP contribution in [0.4, 0.5) is 0 Å². The van der Waals surface area contributed by atoms with Gasteiger partial charge in [-0.2, -0.15) is 0 Å². The van der Waals surface area contributed by atoms with Gasteiger partial charge >= 0.3 is 0 Å². The molecule has 3 rings (SSSR count). The first-order chi connectivity index (χ1) is 11.3. The number of aromatic nitrogens is 1. The van der Waals surface area contributed by atoms with Crippen molar-refractivity contribution in [2.45, 2.75) is 26.3 Å². The minimum absolute atomic E-state index is 0.731. The Hall–Kier alpha value is -1.88. The number of rotatable bonds is 3. The summed E-state index contributed by atoms with van der Waals surface area (Å²) in [4.78, 5) is 11.5. The number of likely N-dealkylation sites (tertiary alicyclic amines) is 1. The molecule has 1 aliphatic heterocycles. The Kier molecular flexibility index (Phi) is 5.28. The molecule has 122 valence electrons. The van der Waals surface area contributed by atoms with Gasteiger partial charge in [-0.25, -0.2) is 4.98 Å². The predicted molar refractivity (Wildman–Crippen MR) is 97.7 cm³/mol. The van der Waals surface area contributed by atoms with E-state index in [0.717, 1.165) is 42.2 Å². The Morgan fingerprint density at radius 2 is 2.22 bits per heavy atom. The molecule has 0 spiro atoms. The van der Waals surface area contributed by atoms with E-state index in [0.29, 0.717) is 0 Å². The van der Waals surface area contributed by atoms with E-state index in [1.54, 1.807) is 11.3 Å². The summed E-state index contributed by atoms with van der Waals surface area (Å²) in [7, 11) is 1.86. The Morgan fingerprint density at radius 3 is 2.96 bits per heavy atom. The minimum Gasteiger partial charge on any atom is -0.350 e. The average molecular weight is 328 g/mol. The van der Waals surface area contributed by atoms with E-state index in [9.17, 15) is 0 Å². The number of piperidine rings is 1. The van der Waals surface area contributed by atoms with Gasteiger partial charge in [0, 0.05) is 31.1 Å². The number of nitrogens with zero attached hydrogens (tertiary/aromatic N) is 3. The highest BCUT2D eigenvalue weighted by atomic mass is 32.1. The largest absolute Gasteiger partial charge is 0.350 e. The number of guanidine groups is 1. The van der Waals surface area contributed by atoms with Gasteiger partial charge in [0.1, 0.15) is 5.01 Å². The van der Waals surface area contributed by atoms with Crippen LogP contribution in [-0.2, 0) is 6.54 Å². The van der Waals surface area contributed by atoms with E-state index < -0.39 is 0 Å². The van der Waals surface area contributed by atoms with Gasteiger partial charge in [0.25, 0.3) is 0 Å². The normalized spacial score (nSPS) is 19.0. The molecule has 5 heteroatoms. The summed E-state index contributed by atoms with van der Waals surface area (Å²) in [5.41, 5.74) is 2.22. The van der Waals surface area contributed by atoms with Gasteiger partial charge in [-0.05, 0) is 18.8 Å². The fourth-order valence-corrected chi connectivity index (χ4v) is 3.75. The zero-order valence-corrected chi connectivity index (χ0v) is 14.6. The average Bonchev–Trinajstić information content (AvgIpc) is 3.05. The number of hydrogen-bond donors (Lipinski definition) is 1. The van der Waals surface area contributed by atoms with E-state index in [1.165, 1.54) is 18.4 Å². The molecule has 0 aliphatic carbocycles. The van der Waals surface area contributed by atoms with Crippen LogP contribution in [0.15, 0.2) is 40.7 Å². The lowest BCUT2D eigenvalue weighted by atomic mass is 10.0. The number of aliphatic imine (C=N–C) groups is 1. The van der Waals surface area contributed by atoms with E-state index in [2.05, 4.69) is 39.6 Å². The molecule has 1 saturated heterocycles. The molecule has 4 nitrogen and oxygen atoms in total. The highest BCUT2D eigenvalue weighted by molar-refractivity contribution is 7.09. The lowest BCUT2D eigenvalue weighted by molar-refractivity contribution is 0.266. The van der Waals surface area contributed by atoms with Crippen molar-refractivity contribution in [2.24, 2.45) is 10.9 Å². The Morgan fingerprint density at radius 1 is 1.39 bits per heavy atom. The molecule has 1 N–H and O–H groups in total. The molecule has 1 unspecified atom stereocenters. The molecule has 0 bridgehead atoms. The molecule has 1 fully saturated rings. The highest BCUT2D eigenvalue weighted by Gasteiger charge is 2.19. The van der Waals surface area contributed by atoms with Crippen LogP contribution in [0.5, 0.6) is 0 Å². The van der Waals surface area contributed by atoms with E-state index in [-0.39, 0.29) is 0 Å². The molecule has 23 heavy (non-hydrogen) atoms. The number of benzene rings is 1. The SMILES string of the molecule is CN=C(NCc1nc(-c2ccccc2)cs1)N1CCCC(C)C1. The highest BCUT2D eigenvalue weighted by Crippen LogP contribution is 2.21. The smallest absolute Gasteiger partial charge is 0.194 e. The van der Waals surface area contributed by atoms with Crippen LogP contribution in [-0.4, -0.2) is 36.0 Å². The topological polar surface area (TPSA) is 40.5 Å². The quantitative estimate of drug-likeness (QED) is 0.691. The zero-order valence-electron chi connectivity index (χ0n) is 13.8. The summed E-state index contributed by atoms with van der Waals surface area (Å²) in [6, 6.07) is 10.3. The van der Waals surface area contributed by atoms with Crippen molar-refractivity contribution in [2.75, 3.05) is 20.1 Å². The second-order valence-corrected chi connectivity index (χ2v) is 7.03. The van der Waals surface area contributed by atoms with Gasteiger partial charge in [0.05, 0.1) is 12.2 Å². The van der Waals surface area contributed by atoms with Crippen molar-refractivity contribution in [3.05, 3.63) is 40.7 Å².